The van der Waals surface area contributed by atoms with Crippen LogP contribution in [-0.4, -0.2) is 54.0 Å². The maximum Gasteiger partial charge on any atom is 0.388 e. The molecule has 1 aliphatic heterocycles. The van der Waals surface area contributed by atoms with E-state index in [1.165, 1.54) is 26.1 Å². The van der Waals surface area contributed by atoms with Crippen molar-refractivity contribution in [2.24, 2.45) is 0 Å². The first-order valence-corrected chi connectivity index (χ1v) is 10.2. The number of nitrogens with one attached hydrogen (secondary N) is 3. The van der Waals surface area contributed by atoms with Crippen LogP contribution in [0.4, 0.5) is 18.9 Å². The van der Waals surface area contributed by atoms with Crippen molar-refractivity contribution in [1.29, 1.82) is 5.41 Å². The molecule has 1 amide bonds. The van der Waals surface area contributed by atoms with Crippen LogP contribution in [0.3, 0.4) is 0 Å². The van der Waals surface area contributed by atoms with Gasteiger partial charge in [0.1, 0.15) is 11.5 Å². The van der Waals surface area contributed by atoms with Crippen molar-refractivity contribution < 1.29 is 31.1 Å². The van der Waals surface area contributed by atoms with Crippen molar-refractivity contribution in [1.82, 2.24) is 19.6 Å². The summed E-state index contributed by atoms with van der Waals surface area (Å²) in [6.45, 7) is -1.67. The lowest BCUT2D eigenvalue weighted by Crippen LogP contribution is -2.61. The molecular weight excluding hydrogens is 441 g/mol. The van der Waals surface area contributed by atoms with Crippen molar-refractivity contribution in [2.45, 2.75) is 19.1 Å². The van der Waals surface area contributed by atoms with Crippen LogP contribution >= 0.6 is 0 Å². The van der Waals surface area contributed by atoms with Crippen LogP contribution in [0.15, 0.2) is 30.6 Å². The SMILES string of the molecule is CN1C(=N)N[C@](C)(c2cc(NC(=O)c3cnc(OC(F)F)cn3)ccc2F)CS1(=O)=O. The minimum absolute atomic E-state index is 0.0847. The zero-order chi connectivity index (χ0) is 23.0. The lowest BCUT2D eigenvalue weighted by molar-refractivity contribution is -0.0531. The maximum absolute atomic E-state index is 14.6. The Bertz CT molecular complexity index is 1130. The van der Waals surface area contributed by atoms with Gasteiger partial charge in [-0.25, -0.2) is 27.1 Å². The van der Waals surface area contributed by atoms with Gasteiger partial charge in [-0.15, -0.1) is 0 Å². The fourth-order valence-corrected chi connectivity index (χ4v) is 4.40. The molecule has 14 heteroatoms. The highest BCUT2D eigenvalue weighted by atomic mass is 32.2. The summed E-state index contributed by atoms with van der Waals surface area (Å²) in [5.41, 5.74) is -1.66. The van der Waals surface area contributed by atoms with Crippen LogP contribution in [0.25, 0.3) is 0 Å². The second-order valence-corrected chi connectivity index (χ2v) is 8.80. The first-order valence-electron chi connectivity index (χ1n) is 8.63. The van der Waals surface area contributed by atoms with Crippen molar-refractivity contribution >= 4 is 27.6 Å². The maximum atomic E-state index is 14.6. The summed E-state index contributed by atoms with van der Waals surface area (Å²) < 4.78 is 68.3. The van der Waals surface area contributed by atoms with E-state index >= 15 is 0 Å². The summed E-state index contributed by atoms with van der Waals surface area (Å²) in [4.78, 5) is 19.6. The minimum Gasteiger partial charge on any atom is -0.415 e. The molecule has 3 rings (SSSR count). The highest BCUT2D eigenvalue weighted by molar-refractivity contribution is 7.89. The van der Waals surface area contributed by atoms with E-state index in [1.807, 2.05) is 0 Å². The number of halogens is 3. The molecule has 0 spiro atoms. The first-order chi connectivity index (χ1) is 14.4. The highest BCUT2D eigenvalue weighted by Gasteiger charge is 2.43. The van der Waals surface area contributed by atoms with Gasteiger partial charge in [0.05, 0.1) is 23.7 Å². The van der Waals surface area contributed by atoms with Crippen LogP contribution in [0, 0.1) is 11.2 Å². The molecule has 0 unspecified atom stereocenters. The number of nitrogens with zero attached hydrogens (tertiary/aromatic N) is 3. The molecule has 10 nitrogen and oxygen atoms in total. The molecular formula is C17H17F3N6O4S. The van der Waals surface area contributed by atoms with E-state index in [2.05, 4.69) is 25.3 Å². The molecule has 2 heterocycles. The van der Waals surface area contributed by atoms with Crippen molar-refractivity contribution in [3.05, 3.63) is 47.7 Å². The summed E-state index contributed by atoms with van der Waals surface area (Å²) >= 11 is 0. The normalized spacial score (nSPS) is 20.3. The molecule has 0 saturated carbocycles. The van der Waals surface area contributed by atoms with E-state index in [1.54, 1.807) is 0 Å². The van der Waals surface area contributed by atoms with Crippen molar-refractivity contribution in [2.75, 3.05) is 18.1 Å². The van der Waals surface area contributed by atoms with Gasteiger partial charge in [-0.05, 0) is 25.1 Å². The molecule has 0 radical (unpaired) electrons. The molecule has 3 N–H and O–H groups in total. The summed E-state index contributed by atoms with van der Waals surface area (Å²) in [6, 6.07) is 3.52. The van der Waals surface area contributed by atoms with E-state index in [0.29, 0.717) is 0 Å². The topological polar surface area (TPSA) is 137 Å². The molecule has 1 saturated heterocycles. The number of anilines is 1. The number of hydrogen-bond donors (Lipinski definition) is 3. The van der Waals surface area contributed by atoms with E-state index in [9.17, 15) is 26.4 Å². The number of guanidine groups is 1. The number of benzene rings is 1. The molecule has 1 fully saturated rings. The standard InChI is InChI=1S/C17H17F3N6O4S/c1-17(8-31(28,29)26(2)16(21)25-17)10-5-9(3-4-11(10)18)24-14(27)12-6-23-13(7-22-12)30-15(19)20/h3-7,15H,8H2,1-2H3,(H2,21,25)(H,24,27)/t17-/m0/s1. The fraction of sp³-hybridized carbons (Fsp3) is 0.294. The molecule has 0 aliphatic carbocycles. The molecule has 31 heavy (non-hydrogen) atoms. The van der Waals surface area contributed by atoms with Gasteiger partial charge in [0.25, 0.3) is 5.91 Å². The fourth-order valence-electron chi connectivity index (χ4n) is 2.93. The van der Waals surface area contributed by atoms with Crippen LogP contribution in [0.1, 0.15) is 23.0 Å². The Balaban J connectivity index is 1.84. The Kier molecular flexibility index (Phi) is 5.76. The quantitative estimate of drug-likeness (QED) is 0.617. The Morgan fingerprint density at radius 3 is 2.65 bits per heavy atom. The summed E-state index contributed by atoms with van der Waals surface area (Å²) in [5.74, 6) is -2.93. The summed E-state index contributed by atoms with van der Waals surface area (Å²) in [5, 5.41) is 12.9. The monoisotopic (exact) mass is 458 g/mol. The second kappa shape index (κ2) is 8.02. The van der Waals surface area contributed by atoms with E-state index < -0.39 is 51.5 Å². The van der Waals surface area contributed by atoms with Gasteiger partial charge < -0.3 is 15.4 Å². The molecule has 1 aromatic heterocycles. The Morgan fingerprint density at radius 1 is 1.35 bits per heavy atom. The number of amides is 1. The number of rotatable bonds is 5. The average Bonchev–Trinajstić information content (AvgIpc) is 2.67. The Hall–Kier alpha value is -3.42. The molecule has 1 atom stereocenters. The minimum atomic E-state index is -3.87. The van der Waals surface area contributed by atoms with Crippen molar-refractivity contribution in [3.8, 4) is 5.88 Å². The van der Waals surface area contributed by atoms with E-state index in [-0.39, 0.29) is 16.9 Å². The van der Waals surface area contributed by atoms with Crippen LogP contribution in [0.5, 0.6) is 5.88 Å². The second-order valence-electron chi connectivity index (χ2n) is 6.80. The van der Waals surface area contributed by atoms with Gasteiger partial charge >= 0.3 is 6.61 Å². The summed E-state index contributed by atoms with van der Waals surface area (Å²) in [7, 11) is -2.66. The third-order valence-electron chi connectivity index (χ3n) is 4.49. The molecule has 1 aromatic carbocycles. The van der Waals surface area contributed by atoms with E-state index in [0.717, 1.165) is 22.8 Å². The lowest BCUT2D eigenvalue weighted by atomic mass is 9.93. The molecule has 166 valence electrons. The Labute approximate surface area is 175 Å². The number of hydrogen-bond acceptors (Lipinski definition) is 7. The predicted octanol–water partition coefficient (Wildman–Crippen LogP) is 1.48. The largest absolute Gasteiger partial charge is 0.415 e. The zero-order valence-corrected chi connectivity index (χ0v) is 17.0. The first kappa shape index (κ1) is 22.3. The number of carbonyl (C=O) groups excluding carboxylic acids is 1. The smallest absolute Gasteiger partial charge is 0.388 e. The van der Waals surface area contributed by atoms with Crippen molar-refractivity contribution in [3.63, 3.8) is 0 Å². The van der Waals surface area contributed by atoms with Gasteiger partial charge in [-0.2, -0.15) is 8.78 Å². The van der Waals surface area contributed by atoms with Crippen LogP contribution in [-0.2, 0) is 15.6 Å². The van der Waals surface area contributed by atoms with Gasteiger partial charge in [0, 0.05) is 18.3 Å². The number of aromatic nitrogens is 2. The van der Waals surface area contributed by atoms with Gasteiger partial charge in [-0.1, -0.05) is 0 Å². The van der Waals surface area contributed by atoms with Gasteiger partial charge in [0.15, 0.2) is 0 Å². The predicted molar refractivity (Wildman–Crippen MR) is 103 cm³/mol. The molecule has 0 bridgehead atoms. The molecule has 1 aliphatic rings. The third kappa shape index (κ3) is 4.68. The third-order valence-corrected chi connectivity index (χ3v) is 6.45. The Morgan fingerprint density at radius 2 is 2.06 bits per heavy atom. The zero-order valence-electron chi connectivity index (χ0n) is 16.2. The highest BCUT2D eigenvalue weighted by Crippen LogP contribution is 2.31. The molecule has 2 aromatic rings. The van der Waals surface area contributed by atoms with Crippen LogP contribution < -0.4 is 15.4 Å². The number of sulfonamides is 1. The van der Waals surface area contributed by atoms with Gasteiger partial charge in [0.2, 0.25) is 21.9 Å². The average molecular weight is 458 g/mol. The van der Waals surface area contributed by atoms with E-state index in [4.69, 9.17) is 5.41 Å². The lowest BCUT2D eigenvalue weighted by Gasteiger charge is -2.40. The van der Waals surface area contributed by atoms with Crippen LogP contribution in [0.2, 0.25) is 0 Å². The number of alkyl halides is 2. The summed E-state index contributed by atoms with van der Waals surface area (Å²) in [6.07, 6.45) is 1.77. The van der Waals surface area contributed by atoms with Gasteiger partial charge in [-0.3, -0.25) is 10.2 Å². The number of carbonyl (C=O) groups is 1. The number of ether oxygens (including phenoxy) is 1.